The van der Waals surface area contributed by atoms with E-state index in [0.717, 1.165) is 11.1 Å². The lowest BCUT2D eigenvalue weighted by Gasteiger charge is -2.28. The molecule has 0 radical (unpaired) electrons. The van der Waals surface area contributed by atoms with E-state index in [-0.39, 0.29) is 37.9 Å². The summed E-state index contributed by atoms with van der Waals surface area (Å²) in [5.41, 5.74) is 8.14. The molecule has 0 bridgehead atoms. The highest BCUT2D eigenvalue weighted by molar-refractivity contribution is 6.07. The quantitative estimate of drug-likeness (QED) is 0.120. The zero-order chi connectivity index (χ0) is 34.3. The van der Waals surface area contributed by atoms with Crippen LogP contribution in [0.5, 0.6) is 5.75 Å². The maximum atomic E-state index is 14.0. The van der Waals surface area contributed by atoms with Crippen LogP contribution in [0.4, 0.5) is 17.1 Å². The van der Waals surface area contributed by atoms with E-state index in [4.69, 9.17) is 10.5 Å². The van der Waals surface area contributed by atoms with Crippen molar-refractivity contribution in [2.45, 2.75) is 32.0 Å². The zero-order valence-electron chi connectivity index (χ0n) is 27.0. The fourth-order valence-electron chi connectivity index (χ4n) is 5.78. The molecule has 4 aromatic carbocycles. The lowest BCUT2D eigenvalue weighted by molar-refractivity contribution is -0.139. The predicted molar refractivity (Wildman–Crippen MR) is 185 cm³/mol. The Labute approximate surface area is 280 Å². The molecule has 0 aromatic heterocycles. The Morgan fingerprint density at radius 1 is 1.00 bits per heavy atom. The van der Waals surface area contributed by atoms with Gasteiger partial charge in [0.2, 0.25) is 5.91 Å². The number of benzene rings is 4. The number of anilines is 3. The number of rotatable bonds is 13. The highest BCUT2D eigenvalue weighted by Crippen LogP contribution is 2.47. The van der Waals surface area contributed by atoms with Gasteiger partial charge in [-0.25, -0.2) is 0 Å². The van der Waals surface area contributed by atoms with E-state index in [0.29, 0.717) is 40.5 Å². The summed E-state index contributed by atoms with van der Waals surface area (Å²) in [6.45, 7) is 2.31. The van der Waals surface area contributed by atoms with Crippen molar-refractivity contribution in [3.8, 4) is 5.75 Å². The summed E-state index contributed by atoms with van der Waals surface area (Å²) < 4.78 is 5.42. The molecule has 1 aliphatic rings. The number of aliphatic hydroxyl groups excluding tert-OH is 1. The van der Waals surface area contributed by atoms with Gasteiger partial charge in [0.05, 0.1) is 25.9 Å². The Hall–Kier alpha value is -5.45. The number of nitrogens with two attached hydrogens (primary N) is 1. The molecule has 5 rings (SSSR count). The fraction of sp³-hybridized carbons (Fsp3) is 0.237. The van der Waals surface area contributed by atoms with Crippen LogP contribution in [0.25, 0.3) is 0 Å². The third kappa shape index (κ3) is 7.41. The zero-order valence-corrected chi connectivity index (χ0v) is 27.0. The van der Waals surface area contributed by atoms with Gasteiger partial charge in [0, 0.05) is 47.9 Å². The van der Waals surface area contributed by atoms with E-state index in [1.54, 1.807) is 78.6 Å². The van der Waals surface area contributed by atoms with Gasteiger partial charge in [-0.3, -0.25) is 14.4 Å². The highest BCUT2D eigenvalue weighted by atomic mass is 16.5. The van der Waals surface area contributed by atoms with E-state index in [1.165, 1.54) is 12.0 Å². The number of carbonyl (C=O) groups excluding carboxylic acids is 3. The Balaban J connectivity index is 1.30. The van der Waals surface area contributed by atoms with Crippen LogP contribution in [0.1, 0.15) is 40.4 Å². The molecule has 0 unspecified atom stereocenters. The van der Waals surface area contributed by atoms with Crippen molar-refractivity contribution < 1.29 is 29.3 Å². The molecule has 5 N–H and O–H groups in total. The van der Waals surface area contributed by atoms with Crippen molar-refractivity contribution in [3.05, 3.63) is 131 Å². The first-order chi connectivity index (χ1) is 23.1. The molecule has 2 atom stereocenters. The number of nitrogen functional groups attached to an aromatic ring is 1. The minimum Gasteiger partial charge on any atom is -0.497 e. The first-order valence-electron chi connectivity index (χ1n) is 15.7. The van der Waals surface area contributed by atoms with Crippen molar-refractivity contribution >= 4 is 34.8 Å². The number of amides is 3. The lowest BCUT2D eigenvalue weighted by Crippen LogP contribution is -2.44. The number of hydrogen-bond acceptors (Lipinski definition) is 7. The first-order valence-corrected chi connectivity index (χ1v) is 15.7. The van der Waals surface area contributed by atoms with Gasteiger partial charge in [0.15, 0.2) is 5.60 Å². The first kappa shape index (κ1) is 33.9. The molecular formula is C38H40N4O6. The van der Waals surface area contributed by atoms with Gasteiger partial charge < -0.3 is 35.8 Å². The summed E-state index contributed by atoms with van der Waals surface area (Å²) in [5, 5.41) is 24.5. The summed E-state index contributed by atoms with van der Waals surface area (Å²) >= 11 is 0. The normalized spacial score (nSPS) is 16.1. The lowest BCUT2D eigenvalue weighted by atomic mass is 9.83. The molecule has 0 fully saturated rings. The summed E-state index contributed by atoms with van der Waals surface area (Å²) in [6, 6.07) is 28.5. The number of hydrogen-bond donors (Lipinski definition) is 4. The van der Waals surface area contributed by atoms with Crippen LogP contribution in [-0.4, -0.2) is 53.1 Å². The maximum Gasteiger partial charge on any atom is 0.264 e. The second-order valence-corrected chi connectivity index (χ2v) is 11.8. The van der Waals surface area contributed by atoms with Crippen molar-refractivity contribution in [2.75, 3.05) is 36.2 Å². The van der Waals surface area contributed by atoms with Gasteiger partial charge in [0.25, 0.3) is 11.8 Å². The van der Waals surface area contributed by atoms with Gasteiger partial charge in [-0.2, -0.15) is 0 Å². The van der Waals surface area contributed by atoms with Crippen LogP contribution in [0.3, 0.4) is 0 Å². The van der Waals surface area contributed by atoms with Gasteiger partial charge >= 0.3 is 0 Å². The molecule has 48 heavy (non-hydrogen) atoms. The molecule has 10 nitrogen and oxygen atoms in total. The van der Waals surface area contributed by atoms with E-state index < -0.39 is 17.4 Å². The van der Waals surface area contributed by atoms with Crippen molar-refractivity contribution in [1.82, 2.24) is 4.90 Å². The molecule has 10 heteroatoms. The van der Waals surface area contributed by atoms with Gasteiger partial charge in [-0.1, -0.05) is 61.5 Å². The van der Waals surface area contributed by atoms with Crippen LogP contribution in [0.2, 0.25) is 0 Å². The second kappa shape index (κ2) is 15.0. The van der Waals surface area contributed by atoms with Gasteiger partial charge in [0.1, 0.15) is 5.75 Å². The number of nitrogens with zero attached hydrogens (tertiary/aromatic N) is 2. The standard InChI is InChI=1S/C38H40N4O6/c1-26(7-6-10-35(44)41(21-22-43)24-27-8-4-3-5-9-27)38(47)33-23-32(48-2)19-20-34(33)42(37(38)46)25-28-11-17-31(18-12-28)40-36(45)29-13-15-30(39)16-14-29/h3-9,11-20,23,26,43,47H,10,21-22,24-25,39H2,1-2H3,(H,40,45)/b7-6+/t26-,38+/m1/s1. The number of aliphatic hydroxyl groups is 2. The summed E-state index contributed by atoms with van der Waals surface area (Å²) in [7, 11) is 1.52. The third-order valence-electron chi connectivity index (χ3n) is 8.52. The number of carbonyl (C=O) groups is 3. The number of nitrogens with one attached hydrogen (secondary N) is 1. The number of ether oxygens (including phenoxy) is 1. The SMILES string of the molecule is COc1ccc2c(c1)[C@@](O)([C@H](C)/C=C/CC(=O)N(CCO)Cc1ccccc1)C(=O)N2Cc1ccc(NC(=O)c2ccc(N)cc2)cc1. The number of fused-ring (bicyclic) bond motifs is 1. The van der Waals surface area contributed by atoms with Crippen molar-refractivity contribution in [2.24, 2.45) is 5.92 Å². The van der Waals surface area contributed by atoms with Crippen LogP contribution < -0.4 is 20.7 Å². The highest BCUT2D eigenvalue weighted by Gasteiger charge is 2.52. The third-order valence-corrected chi connectivity index (χ3v) is 8.52. The van der Waals surface area contributed by atoms with Crippen molar-refractivity contribution in [3.63, 3.8) is 0 Å². The Morgan fingerprint density at radius 3 is 2.38 bits per heavy atom. The average Bonchev–Trinajstić information content (AvgIpc) is 3.31. The molecule has 0 aliphatic carbocycles. The Morgan fingerprint density at radius 2 is 1.71 bits per heavy atom. The summed E-state index contributed by atoms with van der Waals surface area (Å²) in [6.07, 6.45) is 3.38. The van der Waals surface area contributed by atoms with Crippen LogP contribution in [0, 0.1) is 5.92 Å². The smallest absolute Gasteiger partial charge is 0.264 e. The molecule has 1 aliphatic heterocycles. The minimum absolute atomic E-state index is 0.0390. The largest absolute Gasteiger partial charge is 0.497 e. The molecule has 4 aromatic rings. The topological polar surface area (TPSA) is 145 Å². The fourth-order valence-corrected chi connectivity index (χ4v) is 5.78. The summed E-state index contributed by atoms with van der Waals surface area (Å²) in [4.78, 5) is 42.9. The predicted octanol–water partition coefficient (Wildman–Crippen LogP) is 4.87. The second-order valence-electron chi connectivity index (χ2n) is 11.8. The minimum atomic E-state index is -1.91. The monoisotopic (exact) mass is 648 g/mol. The molecule has 1 heterocycles. The van der Waals surface area contributed by atoms with Crippen LogP contribution in [0.15, 0.2) is 109 Å². The molecule has 248 valence electrons. The Bertz CT molecular complexity index is 1780. The molecule has 3 amide bonds. The molecule has 0 spiro atoms. The molecular weight excluding hydrogens is 608 g/mol. The Kier molecular flexibility index (Phi) is 10.6. The van der Waals surface area contributed by atoms with E-state index in [1.807, 2.05) is 42.5 Å². The van der Waals surface area contributed by atoms with Gasteiger partial charge in [-0.05, 0) is 65.7 Å². The van der Waals surface area contributed by atoms with Crippen molar-refractivity contribution in [1.29, 1.82) is 0 Å². The van der Waals surface area contributed by atoms with Gasteiger partial charge in [-0.15, -0.1) is 0 Å². The molecule has 0 saturated carbocycles. The van der Waals surface area contributed by atoms with Crippen LogP contribution in [-0.2, 0) is 28.3 Å². The maximum absolute atomic E-state index is 14.0. The molecule has 0 saturated heterocycles. The van der Waals surface area contributed by atoms with E-state index in [9.17, 15) is 24.6 Å². The number of methoxy groups -OCH3 is 1. The van der Waals surface area contributed by atoms with E-state index in [2.05, 4.69) is 5.32 Å². The summed E-state index contributed by atoms with van der Waals surface area (Å²) in [5.74, 6) is -1.15. The van der Waals surface area contributed by atoms with E-state index >= 15 is 0 Å². The average molecular weight is 649 g/mol. The van der Waals surface area contributed by atoms with Crippen LogP contribution >= 0.6 is 0 Å².